The van der Waals surface area contributed by atoms with Crippen molar-refractivity contribution in [2.24, 2.45) is 15.9 Å². The number of carboxylic acid groups (broad SMARTS) is 1. The summed E-state index contributed by atoms with van der Waals surface area (Å²) in [6, 6.07) is 13.1. The summed E-state index contributed by atoms with van der Waals surface area (Å²) in [7, 11) is 0. The van der Waals surface area contributed by atoms with Crippen LogP contribution in [0, 0.1) is 17.1 Å². The van der Waals surface area contributed by atoms with Gasteiger partial charge in [0.05, 0.1) is 41.8 Å². The first-order valence-corrected chi connectivity index (χ1v) is 11.1. The average molecular weight is 487 g/mol. The maximum atomic E-state index is 14.7. The third kappa shape index (κ3) is 5.02. The number of pyridine rings is 1. The second kappa shape index (κ2) is 10.3. The molecule has 0 aliphatic heterocycles. The molecule has 10 nitrogen and oxygen atoms in total. The number of nitriles is 1. The van der Waals surface area contributed by atoms with Crippen molar-refractivity contribution in [2.75, 3.05) is 5.73 Å². The van der Waals surface area contributed by atoms with E-state index in [0.717, 1.165) is 25.0 Å². The molecule has 5 N–H and O–H groups in total. The van der Waals surface area contributed by atoms with Crippen LogP contribution in [0.25, 0.3) is 11.3 Å². The van der Waals surface area contributed by atoms with Gasteiger partial charge in [0.2, 0.25) is 5.95 Å². The molecule has 1 saturated carbocycles. The van der Waals surface area contributed by atoms with Gasteiger partial charge >= 0.3 is 5.97 Å². The van der Waals surface area contributed by atoms with Crippen molar-refractivity contribution in [3.63, 3.8) is 0 Å². The lowest BCUT2D eigenvalue weighted by Gasteiger charge is -2.40. The van der Waals surface area contributed by atoms with Crippen molar-refractivity contribution in [2.45, 2.75) is 37.6 Å². The van der Waals surface area contributed by atoms with Gasteiger partial charge in [-0.05, 0) is 43.2 Å². The molecule has 1 aromatic carbocycles. The van der Waals surface area contributed by atoms with Gasteiger partial charge in [-0.2, -0.15) is 10.4 Å². The number of halogens is 1. The Morgan fingerprint density at radius 1 is 1.22 bits per heavy atom. The largest absolute Gasteiger partial charge is 0.481 e. The first-order valence-electron chi connectivity index (χ1n) is 11.1. The van der Waals surface area contributed by atoms with E-state index in [-0.39, 0.29) is 47.1 Å². The van der Waals surface area contributed by atoms with E-state index >= 15 is 0 Å². The van der Waals surface area contributed by atoms with E-state index in [1.54, 1.807) is 18.2 Å². The van der Waals surface area contributed by atoms with E-state index < -0.39 is 17.2 Å². The van der Waals surface area contributed by atoms with E-state index in [4.69, 9.17) is 16.8 Å². The van der Waals surface area contributed by atoms with Gasteiger partial charge in [0.15, 0.2) is 0 Å². The first-order chi connectivity index (χ1) is 17.3. The highest BCUT2D eigenvalue weighted by molar-refractivity contribution is 6.37. The van der Waals surface area contributed by atoms with Crippen molar-refractivity contribution in [1.82, 2.24) is 15.0 Å². The highest BCUT2D eigenvalue weighted by atomic mass is 19.1. The quantitative estimate of drug-likeness (QED) is 0.247. The summed E-state index contributed by atoms with van der Waals surface area (Å²) in [5.41, 5.74) is 7.36. The van der Waals surface area contributed by atoms with Crippen LogP contribution in [0.5, 0.6) is 0 Å². The molecular weight excluding hydrogens is 463 g/mol. The minimum atomic E-state index is -0.841. The number of carbonyl (C=O) groups is 1. The molecule has 0 unspecified atom stereocenters. The Morgan fingerprint density at radius 2 is 2.00 bits per heavy atom. The van der Waals surface area contributed by atoms with E-state index in [2.05, 4.69) is 25.0 Å². The molecular formula is C25H23FN8O2. The third-order valence-corrected chi connectivity index (χ3v) is 6.16. The van der Waals surface area contributed by atoms with Gasteiger partial charge in [0.1, 0.15) is 17.6 Å². The zero-order valence-electron chi connectivity index (χ0n) is 19.2. The lowest BCUT2D eigenvalue weighted by atomic mass is 9.64. The molecule has 0 radical (unpaired) electrons. The second-order valence-electron chi connectivity index (χ2n) is 8.48. The van der Waals surface area contributed by atoms with Crippen LogP contribution in [0.15, 0.2) is 52.6 Å². The standard InChI is InChI=1S/C25H23FN8O2/c26-23-15(12-27)4-1-6-17(23)18-10-19(33-24(28)32-18)20(34-29)14-30-13-16-5-2-7-21(31-16)25(8-3-9-25)11-22(35)36/h1-2,4-7,10,14H,3,8-9,11,13,29H2,(H,35,36)(H2,28,32,33). The summed E-state index contributed by atoms with van der Waals surface area (Å²) in [4.78, 5) is 28.6. The van der Waals surface area contributed by atoms with Crippen molar-refractivity contribution in [1.29, 1.82) is 5.26 Å². The van der Waals surface area contributed by atoms with Crippen LogP contribution in [0.4, 0.5) is 10.3 Å². The Bertz CT molecular complexity index is 1410. The van der Waals surface area contributed by atoms with Crippen LogP contribution in [0.2, 0.25) is 0 Å². The van der Waals surface area contributed by atoms with Crippen molar-refractivity contribution in [3.05, 3.63) is 70.9 Å². The molecule has 1 aliphatic rings. The summed E-state index contributed by atoms with van der Waals surface area (Å²) in [5.74, 6) is 3.87. The molecule has 1 fully saturated rings. The summed E-state index contributed by atoms with van der Waals surface area (Å²) in [6.07, 6.45) is 4.00. The summed E-state index contributed by atoms with van der Waals surface area (Å²) >= 11 is 0. The maximum absolute atomic E-state index is 14.7. The van der Waals surface area contributed by atoms with Crippen LogP contribution >= 0.6 is 0 Å². The molecule has 3 aromatic rings. The zero-order valence-corrected chi connectivity index (χ0v) is 19.2. The zero-order chi connectivity index (χ0) is 25.7. The van der Waals surface area contributed by atoms with Crippen molar-refractivity contribution < 1.29 is 14.3 Å². The van der Waals surface area contributed by atoms with Crippen LogP contribution in [-0.4, -0.2) is 38.0 Å². The topological polar surface area (TPSA) is 177 Å². The molecule has 0 saturated heterocycles. The third-order valence-electron chi connectivity index (χ3n) is 6.16. The number of rotatable bonds is 8. The van der Waals surface area contributed by atoms with E-state index in [0.29, 0.717) is 5.69 Å². The molecule has 2 heterocycles. The molecule has 4 rings (SSSR count). The van der Waals surface area contributed by atoms with Gasteiger partial charge in [-0.15, -0.1) is 0 Å². The Balaban J connectivity index is 1.56. The van der Waals surface area contributed by atoms with E-state index in [1.165, 1.54) is 24.4 Å². The molecule has 36 heavy (non-hydrogen) atoms. The molecule has 2 aromatic heterocycles. The number of nitrogen functional groups attached to an aromatic ring is 1. The Labute approximate surface area is 206 Å². The van der Waals surface area contributed by atoms with Gasteiger partial charge in [-0.3, -0.25) is 14.8 Å². The Kier molecular flexibility index (Phi) is 6.96. The highest BCUT2D eigenvalue weighted by Crippen LogP contribution is 2.45. The Morgan fingerprint density at radius 3 is 2.67 bits per heavy atom. The smallest absolute Gasteiger partial charge is 0.304 e. The minimum Gasteiger partial charge on any atom is -0.481 e. The fourth-order valence-electron chi connectivity index (χ4n) is 4.22. The molecule has 0 atom stereocenters. The summed E-state index contributed by atoms with van der Waals surface area (Å²) in [6.45, 7) is 0.197. The van der Waals surface area contributed by atoms with Gasteiger partial charge in [0.25, 0.3) is 0 Å². The van der Waals surface area contributed by atoms with Crippen LogP contribution in [0.3, 0.4) is 0 Å². The number of nitrogens with two attached hydrogens (primary N) is 2. The van der Waals surface area contributed by atoms with E-state index in [9.17, 15) is 14.3 Å². The first kappa shape index (κ1) is 24.4. The molecule has 0 spiro atoms. The highest BCUT2D eigenvalue weighted by Gasteiger charge is 2.41. The lowest BCUT2D eigenvalue weighted by molar-refractivity contribution is -0.139. The SMILES string of the molecule is N#Cc1cccc(-c2cc(C(C=NCc3cccc(C4(CC(=O)O)CCC4)n3)=NN)nc(N)n2)c1F. The van der Waals surface area contributed by atoms with Crippen molar-refractivity contribution >= 4 is 23.8 Å². The molecule has 0 amide bonds. The molecule has 0 bridgehead atoms. The molecule has 11 heteroatoms. The predicted octanol–water partition coefficient (Wildman–Crippen LogP) is 2.96. The predicted molar refractivity (Wildman–Crippen MR) is 131 cm³/mol. The number of hydrogen-bond acceptors (Lipinski definition) is 9. The van der Waals surface area contributed by atoms with Crippen LogP contribution < -0.4 is 11.6 Å². The lowest BCUT2D eigenvalue weighted by Crippen LogP contribution is -2.37. The fourth-order valence-corrected chi connectivity index (χ4v) is 4.22. The number of hydrazone groups is 1. The normalized spacial score (nSPS) is 14.8. The summed E-state index contributed by atoms with van der Waals surface area (Å²) < 4.78 is 14.7. The number of nitrogens with zero attached hydrogens (tertiary/aromatic N) is 6. The van der Waals surface area contributed by atoms with Gasteiger partial charge in [0, 0.05) is 16.7 Å². The molecule has 1 aliphatic carbocycles. The minimum absolute atomic E-state index is 0.0477. The van der Waals surface area contributed by atoms with Crippen LogP contribution in [0.1, 0.15) is 48.3 Å². The number of aromatic nitrogens is 3. The monoisotopic (exact) mass is 486 g/mol. The number of aliphatic carboxylic acids is 1. The summed E-state index contributed by atoms with van der Waals surface area (Å²) in [5, 5.41) is 22.1. The number of hydrogen-bond donors (Lipinski definition) is 3. The van der Waals surface area contributed by atoms with Gasteiger partial charge in [-0.1, -0.05) is 18.6 Å². The Hall–Kier alpha value is -4.72. The van der Waals surface area contributed by atoms with Gasteiger partial charge < -0.3 is 16.7 Å². The van der Waals surface area contributed by atoms with Crippen molar-refractivity contribution in [3.8, 4) is 17.3 Å². The number of anilines is 1. The van der Waals surface area contributed by atoms with Gasteiger partial charge in [-0.25, -0.2) is 14.4 Å². The second-order valence-corrected chi connectivity index (χ2v) is 8.48. The number of benzene rings is 1. The van der Waals surface area contributed by atoms with E-state index in [1.807, 2.05) is 12.1 Å². The fraction of sp³-hybridized carbons (Fsp3) is 0.240. The number of aliphatic imine (C=N–C) groups is 1. The number of carboxylic acids is 1. The maximum Gasteiger partial charge on any atom is 0.304 e. The molecule has 182 valence electrons. The van der Waals surface area contributed by atoms with Crippen LogP contribution in [-0.2, 0) is 16.8 Å². The average Bonchev–Trinajstić information content (AvgIpc) is 2.84.